The van der Waals surface area contributed by atoms with Gasteiger partial charge in [0.25, 0.3) is 10.0 Å². The molecule has 0 radical (unpaired) electrons. The van der Waals surface area contributed by atoms with Crippen molar-refractivity contribution in [2.24, 2.45) is 0 Å². The van der Waals surface area contributed by atoms with E-state index < -0.39 is 27.8 Å². The maximum atomic E-state index is 12.6. The quantitative estimate of drug-likeness (QED) is 0.145. The number of β-amino-alcohol motifs (C(OH)–C–C–N with tert-alkyl or cyclic N) is 1. The van der Waals surface area contributed by atoms with Gasteiger partial charge in [0.05, 0.1) is 28.4 Å². The van der Waals surface area contributed by atoms with E-state index in [9.17, 15) is 18.3 Å². The fraction of sp³-hybridized carbons (Fsp3) is 0.259. The number of hydrogen-bond donors (Lipinski definition) is 4. The Labute approximate surface area is 231 Å². The lowest BCUT2D eigenvalue weighted by Crippen LogP contribution is -2.42. The number of carbonyl (C=O) groups is 1. The van der Waals surface area contributed by atoms with Crippen molar-refractivity contribution in [3.05, 3.63) is 83.6 Å². The lowest BCUT2D eigenvalue weighted by atomic mass is 9.99. The lowest BCUT2D eigenvalue weighted by Gasteiger charge is -2.28. The van der Waals surface area contributed by atoms with Crippen molar-refractivity contribution in [2.75, 3.05) is 11.3 Å². The first-order chi connectivity index (χ1) is 18.4. The van der Waals surface area contributed by atoms with E-state index in [1.165, 1.54) is 18.2 Å². The van der Waals surface area contributed by atoms with Crippen molar-refractivity contribution in [1.82, 2.24) is 14.9 Å². The van der Waals surface area contributed by atoms with Gasteiger partial charge in [0.2, 0.25) is 0 Å². The Balaban J connectivity index is 1.38. The molecule has 0 aliphatic rings. The number of aliphatic hydroxyl groups is 1. The molecule has 1 aromatic heterocycles. The second kappa shape index (κ2) is 11.6. The number of aromatic nitrogens is 2. The molecule has 3 aromatic carbocycles. The molecule has 39 heavy (non-hydrogen) atoms. The Hall–Kier alpha value is -3.64. The molecule has 0 spiro atoms. The number of nitrogens with one attached hydrogen (secondary N) is 2. The summed E-state index contributed by atoms with van der Waals surface area (Å²) in [4.78, 5) is 15.4. The topological polar surface area (TPSA) is 143 Å². The molecule has 0 aliphatic carbocycles. The van der Waals surface area contributed by atoms with Crippen LogP contribution in [0.15, 0.2) is 78.0 Å². The summed E-state index contributed by atoms with van der Waals surface area (Å²) in [7, 11) is -3.75. The van der Waals surface area contributed by atoms with Gasteiger partial charge in [-0.05, 0) is 62.2 Å². The number of anilines is 1. The number of aliphatic hydroxyl groups excluding tert-OH is 1. The summed E-state index contributed by atoms with van der Waals surface area (Å²) in [5.41, 5.74) is 1.68. The van der Waals surface area contributed by atoms with Gasteiger partial charge in [-0.15, -0.1) is 0 Å². The average Bonchev–Trinajstić information content (AvgIpc) is 3.32. The Morgan fingerprint density at radius 1 is 1.13 bits per heavy atom. The van der Waals surface area contributed by atoms with Gasteiger partial charge in [0.1, 0.15) is 5.02 Å². The molecule has 4 rings (SSSR count). The maximum Gasteiger partial charge on any atom is 0.511 e. The highest BCUT2D eigenvalue weighted by Gasteiger charge is 2.22. The number of hydrogen-bond acceptors (Lipinski definition) is 7. The van der Waals surface area contributed by atoms with E-state index in [-0.39, 0.29) is 22.2 Å². The van der Waals surface area contributed by atoms with Crippen LogP contribution in [0.25, 0.3) is 11.0 Å². The van der Waals surface area contributed by atoms with Crippen LogP contribution in [-0.2, 0) is 16.6 Å². The highest BCUT2D eigenvalue weighted by Crippen LogP contribution is 2.33. The van der Waals surface area contributed by atoms with Crippen molar-refractivity contribution in [3.63, 3.8) is 0 Å². The van der Waals surface area contributed by atoms with Crippen molar-refractivity contribution >= 4 is 44.5 Å². The van der Waals surface area contributed by atoms with E-state index in [1.54, 1.807) is 54.9 Å². The number of fused-ring (bicyclic) bond motifs is 1. The molecular formula is C27H29ClN4O6S. The summed E-state index contributed by atoms with van der Waals surface area (Å²) in [5.74, 6) is 0.0345. The van der Waals surface area contributed by atoms with Gasteiger partial charge in [-0.1, -0.05) is 41.9 Å². The number of carboxylic acid groups (broad SMARTS) is 1. The van der Waals surface area contributed by atoms with Gasteiger partial charge in [0, 0.05) is 24.3 Å². The van der Waals surface area contributed by atoms with Crippen LogP contribution < -0.4 is 14.8 Å². The predicted octanol–water partition coefficient (Wildman–Crippen LogP) is 5.04. The standard InChI is InChI=1S/C27H29ClN4O6S/c1-27(2,13-14-32-17-29-21-11-12-23(38-26(34)35)24(28)25(21)32)30-16-22(33)18-7-6-8-19(15-18)31-39(36,37)20-9-4-3-5-10-20/h3-12,15,17,22,30-31,33H,13-14,16H2,1-2H3,(H,34,35). The fourth-order valence-corrected chi connectivity index (χ4v) is 5.43. The summed E-state index contributed by atoms with van der Waals surface area (Å²) in [6.45, 7) is 4.72. The molecule has 12 heteroatoms. The monoisotopic (exact) mass is 572 g/mol. The Morgan fingerprint density at radius 2 is 1.87 bits per heavy atom. The van der Waals surface area contributed by atoms with Crippen molar-refractivity contribution in [1.29, 1.82) is 0 Å². The first-order valence-corrected chi connectivity index (χ1v) is 14.0. The summed E-state index contributed by atoms with van der Waals surface area (Å²) in [5, 5.41) is 23.3. The Morgan fingerprint density at radius 3 is 2.59 bits per heavy atom. The summed E-state index contributed by atoms with van der Waals surface area (Å²) in [6.07, 6.45) is -0.0776. The van der Waals surface area contributed by atoms with Crippen LogP contribution >= 0.6 is 11.6 Å². The Kier molecular flexibility index (Phi) is 8.45. The van der Waals surface area contributed by atoms with Crippen molar-refractivity contribution in [2.45, 2.75) is 43.4 Å². The number of aryl methyl sites for hydroxylation is 1. The lowest BCUT2D eigenvalue weighted by molar-refractivity contribution is 0.144. The highest BCUT2D eigenvalue weighted by atomic mass is 35.5. The molecule has 1 heterocycles. The number of nitrogens with zero attached hydrogens (tertiary/aromatic N) is 2. The number of benzene rings is 3. The first-order valence-electron chi connectivity index (χ1n) is 12.1. The highest BCUT2D eigenvalue weighted by molar-refractivity contribution is 7.92. The SMILES string of the molecule is CC(C)(CCn1cnc2ccc(OC(=O)O)c(Cl)c21)NCC(O)c1cccc(NS(=O)(=O)c2ccccc2)c1. The minimum Gasteiger partial charge on any atom is -0.449 e. The molecule has 1 atom stereocenters. The van der Waals surface area contributed by atoms with Crippen molar-refractivity contribution < 1.29 is 28.2 Å². The molecule has 10 nitrogen and oxygen atoms in total. The number of sulfonamides is 1. The first kappa shape index (κ1) is 28.4. The largest absolute Gasteiger partial charge is 0.511 e. The second-order valence-electron chi connectivity index (χ2n) is 9.63. The third kappa shape index (κ3) is 7.07. The van der Waals surface area contributed by atoms with Crippen molar-refractivity contribution in [3.8, 4) is 5.75 Å². The molecule has 0 saturated carbocycles. The van der Waals surface area contributed by atoms with Crippen LogP contribution in [-0.4, -0.2) is 46.4 Å². The van der Waals surface area contributed by atoms with Gasteiger partial charge in [-0.2, -0.15) is 0 Å². The zero-order valence-corrected chi connectivity index (χ0v) is 22.9. The molecule has 1 unspecified atom stereocenters. The normalized spacial score (nSPS) is 12.8. The van der Waals surface area contributed by atoms with Crippen LogP contribution in [0.3, 0.4) is 0 Å². The molecule has 0 amide bonds. The minimum atomic E-state index is -3.75. The van der Waals surface area contributed by atoms with Crippen LogP contribution in [0, 0.1) is 0 Å². The molecule has 0 bridgehead atoms. The molecule has 0 saturated heterocycles. The average molecular weight is 573 g/mol. The minimum absolute atomic E-state index is 0.0345. The summed E-state index contributed by atoms with van der Waals surface area (Å²) in [6, 6.07) is 17.8. The molecule has 206 valence electrons. The third-order valence-corrected chi connectivity index (χ3v) is 7.97. The van der Waals surface area contributed by atoms with Crippen LogP contribution in [0.4, 0.5) is 10.5 Å². The van der Waals surface area contributed by atoms with Crippen LogP contribution in [0.1, 0.15) is 31.9 Å². The maximum absolute atomic E-state index is 12.6. The van der Waals surface area contributed by atoms with Gasteiger partial charge in [0.15, 0.2) is 5.75 Å². The number of ether oxygens (including phenoxy) is 1. The molecule has 0 aliphatic heterocycles. The second-order valence-corrected chi connectivity index (χ2v) is 11.7. The summed E-state index contributed by atoms with van der Waals surface area (Å²) < 4.78 is 34.4. The zero-order valence-electron chi connectivity index (χ0n) is 21.3. The van der Waals surface area contributed by atoms with E-state index >= 15 is 0 Å². The van der Waals surface area contributed by atoms with E-state index in [1.807, 2.05) is 18.4 Å². The van der Waals surface area contributed by atoms with Gasteiger partial charge >= 0.3 is 6.16 Å². The smallest absolute Gasteiger partial charge is 0.449 e. The third-order valence-electron chi connectivity index (χ3n) is 6.21. The van der Waals surface area contributed by atoms with Gasteiger partial charge < -0.3 is 24.8 Å². The molecule has 0 fully saturated rings. The van der Waals surface area contributed by atoms with E-state index in [2.05, 4.69) is 15.0 Å². The molecular weight excluding hydrogens is 544 g/mol. The van der Waals surface area contributed by atoms with Crippen LogP contribution in [0.2, 0.25) is 5.02 Å². The van der Waals surface area contributed by atoms with E-state index in [0.29, 0.717) is 35.2 Å². The summed E-state index contributed by atoms with van der Waals surface area (Å²) >= 11 is 6.40. The number of rotatable bonds is 11. The number of halogens is 1. The number of imidazole rings is 1. The predicted molar refractivity (Wildman–Crippen MR) is 149 cm³/mol. The van der Waals surface area contributed by atoms with Gasteiger partial charge in [-0.25, -0.2) is 18.2 Å². The van der Waals surface area contributed by atoms with Gasteiger partial charge in [-0.3, -0.25) is 4.72 Å². The van der Waals surface area contributed by atoms with Crippen LogP contribution in [0.5, 0.6) is 5.75 Å². The zero-order chi connectivity index (χ0) is 28.2. The molecule has 4 N–H and O–H groups in total. The fourth-order valence-electron chi connectivity index (χ4n) is 4.05. The van der Waals surface area contributed by atoms with E-state index in [0.717, 1.165) is 0 Å². The van der Waals surface area contributed by atoms with E-state index in [4.69, 9.17) is 21.4 Å². The molecule has 4 aromatic rings. The Bertz CT molecular complexity index is 1570.